The molecule has 1 fully saturated rings. The van der Waals surface area contributed by atoms with Crippen LogP contribution in [0.25, 0.3) is 6.08 Å². The molecule has 0 aliphatic carbocycles. The molecule has 0 spiro atoms. The second-order valence-electron chi connectivity index (χ2n) is 5.76. The number of thioether (sulfide) groups is 1. The van der Waals surface area contributed by atoms with Gasteiger partial charge in [0, 0.05) is 40.9 Å². The maximum absolute atomic E-state index is 12.1. The second kappa shape index (κ2) is 9.16. The van der Waals surface area contributed by atoms with E-state index in [4.69, 9.17) is 0 Å². The van der Waals surface area contributed by atoms with E-state index in [-0.39, 0.29) is 17.5 Å². The summed E-state index contributed by atoms with van der Waals surface area (Å²) in [5.74, 6) is 0.163. The van der Waals surface area contributed by atoms with Gasteiger partial charge in [-0.3, -0.25) is 24.2 Å². The third-order valence-electron chi connectivity index (χ3n) is 3.84. The van der Waals surface area contributed by atoms with Crippen LogP contribution in [0, 0.1) is 6.92 Å². The van der Waals surface area contributed by atoms with E-state index in [1.54, 1.807) is 18.7 Å². The zero-order chi connectivity index (χ0) is 18.4. The van der Waals surface area contributed by atoms with E-state index in [2.05, 4.69) is 15.4 Å². The molecule has 0 aromatic carbocycles. The number of aromatic nitrogens is 2. The monoisotopic (exact) mass is 386 g/mol. The summed E-state index contributed by atoms with van der Waals surface area (Å²) in [4.78, 5) is 39.6. The maximum Gasteiger partial charge on any atom is 0.325 e. The van der Waals surface area contributed by atoms with Crippen molar-refractivity contribution in [3.8, 4) is 0 Å². The van der Waals surface area contributed by atoms with Crippen LogP contribution in [0.3, 0.4) is 0 Å². The van der Waals surface area contributed by atoms with Gasteiger partial charge in [-0.25, -0.2) is 9.80 Å². The minimum absolute atomic E-state index is 0.0588. The zero-order valence-electron chi connectivity index (χ0n) is 14.2. The van der Waals surface area contributed by atoms with Crippen LogP contribution in [-0.4, -0.2) is 54.8 Å². The van der Waals surface area contributed by atoms with E-state index >= 15 is 0 Å². The molecule has 0 saturated carbocycles. The van der Waals surface area contributed by atoms with E-state index in [9.17, 15) is 18.6 Å². The van der Waals surface area contributed by atoms with Crippen molar-refractivity contribution in [1.82, 2.24) is 20.4 Å². The first kappa shape index (κ1) is 19.7. The lowest BCUT2D eigenvalue weighted by molar-refractivity contribution is -0.121. The lowest BCUT2D eigenvalue weighted by atomic mass is 10.2. The molecule has 138 valence electrons. The van der Waals surface area contributed by atoms with Crippen molar-refractivity contribution in [2.45, 2.75) is 25.8 Å². The van der Waals surface area contributed by atoms with Crippen molar-refractivity contribution in [3.63, 3.8) is 0 Å². The first-order chi connectivity index (χ1) is 11.9. The molecule has 3 N–H and O–H groups in total. The summed E-state index contributed by atoms with van der Waals surface area (Å²) in [6, 6.07) is 0.0588. The molecular formula is C15H22N4O4S2. The summed E-state index contributed by atoms with van der Waals surface area (Å²) in [7, 11) is -0.915. The van der Waals surface area contributed by atoms with E-state index in [1.807, 2.05) is 11.3 Å². The third-order valence-corrected chi connectivity index (χ3v) is 6.59. The number of amides is 1. The summed E-state index contributed by atoms with van der Waals surface area (Å²) in [5, 5.41) is 2.40. The molecule has 1 aromatic heterocycles. The Kier molecular flexibility index (Phi) is 7.21. The Morgan fingerprint density at radius 2 is 2.20 bits per heavy atom. The normalized spacial score (nSPS) is 19.4. The summed E-state index contributed by atoms with van der Waals surface area (Å²) in [6.07, 6.45) is 6.37. The van der Waals surface area contributed by atoms with Crippen LogP contribution in [0.2, 0.25) is 0 Å². The lowest BCUT2D eigenvalue weighted by Crippen LogP contribution is -2.46. The van der Waals surface area contributed by atoms with Crippen LogP contribution >= 0.6 is 11.8 Å². The van der Waals surface area contributed by atoms with Crippen LogP contribution in [0.1, 0.15) is 24.1 Å². The highest BCUT2D eigenvalue weighted by Gasteiger charge is 2.27. The average molecular weight is 386 g/mol. The highest BCUT2D eigenvalue weighted by molar-refractivity contribution is 8.09. The number of hydrogen-bond donors (Lipinski definition) is 3. The summed E-state index contributed by atoms with van der Waals surface area (Å²) < 4.78 is 11.9. The molecule has 8 nitrogen and oxygen atoms in total. The molecule has 1 aromatic rings. The molecule has 25 heavy (non-hydrogen) atoms. The smallest absolute Gasteiger partial charge is 0.311 e. The molecule has 2 atom stereocenters. The van der Waals surface area contributed by atoms with Crippen molar-refractivity contribution in [2.75, 3.05) is 23.6 Å². The predicted octanol–water partition coefficient (Wildman–Crippen LogP) is -0.0504. The number of carbonyl (C=O) groups excluding carboxylic acids is 1. The molecule has 1 saturated heterocycles. The number of nitrogens with one attached hydrogen (secondary N) is 3. The molecule has 0 radical (unpaired) electrons. The summed E-state index contributed by atoms with van der Waals surface area (Å²) in [5.41, 5.74) is 2.28. The molecule has 1 amide bonds. The van der Waals surface area contributed by atoms with Crippen molar-refractivity contribution in [1.29, 1.82) is 0 Å². The highest BCUT2D eigenvalue weighted by Crippen LogP contribution is 2.16. The Labute approximate surface area is 151 Å². The van der Waals surface area contributed by atoms with E-state index < -0.39 is 22.0 Å². The predicted molar refractivity (Wildman–Crippen MR) is 101 cm³/mol. The minimum atomic E-state index is -0.915. The standard InChI is InChI=1S/C15H22N4O4S2/c1-10-12(14(21)17-15(22)16-10)5-6-13(20)18-19-7-3-4-11(19)8-25(23)9-24-2/h5-6,11H,3-4,7-9H2,1-2H3,(H,18,20)(H2,16,17,21,22)/b6-5+. The zero-order valence-corrected chi connectivity index (χ0v) is 15.8. The van der Waals surface area contributed by atoms with Crippen LogP contribution in [0.4, 0.5) is 0 Å². The SMILES string of the molecule is CSCS(=O)CC1CCCN1NC(=O)/C=C/c1c(C)[nH]c(=O)[nH]c1=O. The number of H-pyrrole nitrogens is 2. The molecule has 2 unspecified atom stereocenters. The van der Waals surface area contributed by atoms with Gasteiger partial charge in [-0.1, -0.05) is 0 Å². The average Bonchev–Trinajstić information content (AvgIpc) is 2.93. The van der Waals surface area contributed by atoms with Gasteiger partial charge in [0.25, 0.3) is 11.5 Å². The molecular weight excluding hydrogens is 364 g/mol. The maximum atomic E-state index is 12.1. The van der Waals surface area contributed by atoms with Crippen LogP contribution < -0.4 is 16.7 Å². The Morgan fingerprint density at radius 3 is 2.88 bits per heavy atom. The first-order valence-corrected chi connectivity index (χ1v) is 10.7. The first-order valence-electron chi connectivity index (χ1n) is 7.83. The molecule has 1 aliphatic rings. The summed E-state index contributed by atoms with van der Waals surface area (Å²) >= 11 is 1.54. The fraction of sp³-hybridized carbons (Fsp3) is 0.533. The van der Waals surface area contributed by atoms with E-state index in [0.29, 0.717) is 23.1 Å². The van der Waals surface area contributed by atoms with Crippen LogP contribution in [-0.2, 0) is 15.6 Å². The molecule has 10 heteroatoms. The van der Waals surface area contributed by atoms with Gasteiger partial charge in [0.05, 0.1) is 10.6 Å². The Bertz CT molecular complexity index is 786. The van der Waals surface area contributed by atoms with Crippen LogP contribution in [0.15, 0.2) is 15.7 Å². The van der Waals surface area contributed by atoms with E-state index in [1.165, 1.54) is 12.2 Å². The molecule has 0 bridgehead atoms. The Morgan fingerprint density at radius 1 is 1.44 bits per heavy atom. The number of aryl methyl sites for hydroxylation is 1. The Balaban J connectivity index is 1.99. The topological polar surface area (TPSA) is 115 Å². The van der Waals surface area contributed by atoms with E-state index in [0.717, 1.165) is 12.8 Å². The number of nitrogens with zero attached hydrogens (tertiary/aromatic N) is 1. The summed E-state index contributed by atoms with van der Waals surface area (Å²) in [6.45, 7) is 2.30. The van der Waals surface area contributed by atoms with Gasteiger partial charge in [0.1, 0.15) is 0 Å². The number of rotatable bonds is 7. The largest absolute Gasteiger partial charge is 0.325 e. The number of aromatic amines is 2. The Hall–Kier alpha value is -1.65. The second-order valence-corrected chi connectivity index (χ2v) is 8.49. The number of hydrogen-bond acceptors (Lipinski definition) is 6. The van der Waals surface area contributed by atoms with Gasteiger partial charge in [-0.15, -0.1) is 0 Å². The highest BCUT2D eigenvalue weighted by atomic mass is 32.2. The van der Waals surface area contributed by atoms with Gasteiger partial charge in [-0.05, 0) is 32.1 Å². The number of carbonyl (C=O) groups is 1. The fourth-order valence-electron chi connectivity index (χ4n) is 2.70. The lowest BCUT2D eigenvalue weighted by Gasteiger charge is -2.24. The van der Waals surface area contributed by atoms with Gasteiger partial charge >= 0.3 is 5.69 Å². The minimum Gasteiger partial charge on any atom is -0.311 e. The van der Waals surface area contributed by atoms with Gasteiger partial charge < -0.3 is 4.98 Å². The number of hydrazine groups is 1. The molecule has 2 heterocycles. The van der Waals surface area contributed by atoms with Crippen molar-refractivity contribution in [2.24, 2.45) is 0 Å². The van der Waals surface area contributed by atoms with Crippen molar-refractivity contribution in [3.05, 3.63) is 38.2 Å². The van der Waals surface area contributed by atoms with Gasteiger partial charge in [0.15, 0.2) is 0 Å². The van der Waals surface area contributed by atoms with Crippen molar-refractivity contribution >= 4 is 34.5 Å². The van der Waals surface area contributed by atoms with Gasteiger partial charge in [0.2, 0.25) is 0 Å². The molecule has 1 aliphatic heterocycles. The molecule has 2 rings (SSSR count). The van der Waals surface area contributed by atoms with Gasteiger partial charge in [-0.2, -0.15) is 11.8 Å². The quantitative estimate of drug-likeness (QED) is 0.566. The third kappa shape index (κ3) is 5.68. The van der Waals surface area contributed by atoms with Crippen molar-refractivity contribution < 1.29 is 9.00 Å². The fourth-order valence-corrected chi connectivity index (χ4v) is 4.91. The van der Waals surface area contributed by atoms with Crippen LogP contribution in [0.5, 0.6) is 0 Å².